The molecule has 0 aliphatic carbocycles. The molecular weight excluding hydrogens is 308 g/mol. The van der Waals surface area contributed by atoms with Gasteiger partial charge in [0.05, 0.1) is 5.52 Å². The Morgan fingerprint density at radius 2 is 1.72 bits per heavy atom. The van der Waals surface area contributed by atoms with Gasteiger partial charge in [0.1, 0.15) is 11.6 Å². The summed E-state index contributed by atoms with van der Waals surface area (Å²) in [4.78, 5) is 15.1. The van der Waals surface area contributed by atoms with Gasteiger partial charge in [-0.3, -0.25) is 0 Å². The van der Waals surface area contributed by atoms with E-state index in [1.165, 1.54) is 34.9 Å². The second kappa shape index (κ2) is 5.59. The Hall–Kier alpha value is -2.88. The molecule has 2 aromatic carbocycles. The Kier molecular flexibility index (Phi) is 3.23. The van der Waals surface area contributed by atoms with E-state index >= 15 is 0 Å². The van der Waals surface area contributed by atoms with Crippen LogP contribution in [-0.4, -0.2) is 28.0 Å². The fourth-order valence-corrected chi connectivity index (χ4v) is 3.81. The van der Waals surface area contributed by atoms with Gasteiger partial charge in [-0.05, 0) is 66.6 Å². The van der Waals surface area contributed by atoms with Crippen molar-refractivity contribution in [1.82, 2.24) is 15.0 Å². The molecule has 4 aromatic rings. The number of H-pyrrole nitrogens is 1. The highest BCUT2D eigenvalue weighted by atomic mass is 15.2. The third-order valence-electron chi connectivity index (χ3n) is 5.08. The Bertz CT molecular complexity index is 1070. The molecule has 0 spiro atoms. The normalized spacial score (nSPS) is 14.7. The van der Waals surface area contributed by atoms with Gasteiger partial charge in [-0.2, -0.15) is 0 Å². The van der Waals surface area contributed by atoms with Gasteiger partial charge in [-0.15, -0.1) is 0 Å². The van der Waals surface area contributed by atoms with Crippen LogP contribution in [0.1, 0.15) is 18.7 Å². The first-order valence-corrected chi connectivity index (χ1v) is 8.89. The molecule has 25 heavy (non-hydrogen) atoms. The molecule has 0 bridgehead atoms. The van der Waals surface area contributed by atoms with Crippen LogP contribution in [0.3, 0.4) is 0 Å². The van der Waals surface area contributed by atoms with Crippen LogP contribution in [0.2, 0.25) is 0 Å². The van der Waals surface area contributed by atoms with Crippen LogP contribution in [-0.2, 0) is 0 Å². The third-order valence-corrected chi connectivity index (χ3v) is 5.08. The van der Waals surface area contributed by atoms with Crippen LogP contribution in [0.4, 0.5) is 5.82 Å². The first-order chi connectivity index (χ1) is 12.3. The number of benzene rings is 2. The van der Waals surface area contributed by atoms with Gasteiger partial charge in [0.2, 0.25) is 0 Å². The highest BCUT2D eigenvalue weighted by molar-refractivity contribution is 5.94. The van der Waals surface area contributed by atoms with Crippen LogP contribution < -0.4 is 4.90 Å². The van der Waals surface area contributed by atoms with Gasteiger partial charge in [0, 0.05) is 30.2 Å². The summed E-state index contributed by atoms with van der Waals surface area (Å²) in [6.45, 7) is 4.17. The predicted octanol–water partition coefficient (Wildman–Crippen LogP) is 4.69. The molecule has 1 fully saturated rings. The topological polar surface area (TPSA) is 44.8 Å². The molecule has 1 aliphatic heterocycles. The molecule has 4 heteroatoms. The number of fused-ring (bicyclic) bond motifs is 2. The molecule has 5 rings (SSSR count). The minimum absolute atomic E-state index is 0.840. The SMILES string of the molecule is Cc1nc(N2CCCC2)c2ccc(-c3ccc4[nH]ccc4c3)cc2n1. The first-order valence-electron chi connectivity index (χ1n) is 8.89. The molecule has 4 nitrogen and oxygen atoms in total. The van der Waals surface area contributed by atoms with E-state index in [-0.39, 0.29) is 0 Å². The molecule has 0 saturated carbocycles. The lowest BCUT2D eigenvalue weighted by atomic mass is 10.0. The molecule has 0 radical (unpaired) electrons. The molecule has 124 valence electrons. The summed E-state index contributed by atoms with van der Waals surface area (Å²) in [5, 5.41) is 2.38. The van der Waals surface area contributed by atoms with E-state index in [1.54, 1.807) is 0 Å². The van der Waals surface area contributed by atoms with E-state index in [4.69, 9.17) is 9.97 Å². The fraction of sp³-hybridized carbons (Fsp3) is 0.238. The van der Waals surface area contributed by atoms with Crippen molar-refractivity contribution in [2.24, 2.45) is 0 Å². The maximum absolute atomic E-state index is 4.73. The molecule has 1 N–H and O–H groups in total. The maximum atomic E-state index is 4.73. The van der Waals surface area contributed by atoms with Crippen LogP contribution in [0.15, 0.2) is 48.7 Å². The monoisotopic (exact) mass is 328 g/mol. The van der Waals surface area contributed by atoms with Crippen molar-refractivity contribution < 1.29 is 0 Å². The van der Waals surface area contributed by atoms with Gasteiger partial charge < -0.3 is 9.88 Å². The van der Waals surface area contributed by atoms with Gasteiger partial charge >= 0.3 is 0 Å². The number of rotatable bonds is 2. The molecule has 3 heterocycles. The second-order valence-electron chi connectivity index (χ2n) is 6.80. The lowest BCUT2D eigenvalue weighted by Gasteiger charge is -2.19. The van der Waals surface area contributed by atoms with Crippen molar-refractivity contribution in [3.8, 4) is 11.1 Å². The van der Waals surface area contributed by atoms with Crippen molar-refractivity contribution in [1.29, 1.82) is 0 Å². The largest absolute Gasteiger partial charge is 0.361 e. The number of hydrogen-bond donors (Lipinski definition) is 1. The van der Waals surface area contributed by atoms with E-state index in [1.807, 2.05) is 13.1 Å². The zero-order chi connectivity index (χ0) is 16.8. The van der Waals surface area contributed by atoms with E-state index in [9.17, 15) is 0 Å². The minimum atomic E-state index is 0.840. The number of aryl methyl sites for hydroxylation is 1. The van der Waals surface area contributed by atoms with Crippen LogP contribution in [0.5, 0.6) is 0 Å². The third kappa shape index (κ3) is 2.45. The first kappa shape index (κ1) is 14.5. The quantitative estimate of drug-likeness (QED) is 0.581. The Morgan fingerprint density at radius 1 is 0.920 bits per heavy atom. The maximum Gasteiger partial charge on any atom is 0.140 e. The standard InChI is InChI=1S/C21H20N4/c1-14-23-20-13-16(15-5-7-19-17(12-15)8-9-22-19)4-6-18(20)21(24-14)25-10-2-3-11-25/h4-9,12-13,22H,2-3,10-11H2,1H3. The number of aromatic nitrogens is 3. The number of nitrogens with one attached hydrogen (secondary N) is 1. The predicted molar refractivity (Wildman–Crippen MR) is 103 cm³/mol. The summed E-state index contributed by atoms with van der Waals surface area (Å²) in [5.74, 6) is 1.93. The lowest BCUT2D eigenvalue weighted by Crippen LogP contribution is -2.20. The number of anilines is 1. The van der Waals surface area contributed by atoms with Gasteiger partial charge in [-0.25, -0.2) is 9.97 Å². The molecule has 0 unspecified atom stereocenters. The fourth-order valence-electron chi connectivity index (χ4n) is 3.81. The number of aromatic amines is 1. The summed E-state index contributed by atoms with van der Waals surface area (Å²) < 4.78 is 0. The van der Waals surface area contributed by atoms with Gasteiger partial charge in [0.15, 0.2) is 0 Å². The lowest BCUT2D eigenvalue weighted by molar-refractivity contribution is 0.925. The second-order valence-corrected chi connectivity index (χ2v) is 6.80. The van der Waals surface area contributed by atoms with Crippen molar-refractivity contribution >= 4 is 27.6 Å². The van der Waals surface area contributed by atoms with E-state index in [0.29, 0.717) is 0 Å². The molecule has 1 aliphatic rings. The smallest absolute Gasteiger partial charge is 0.140 e. The van der Waals surface area contributed by atoms with Crippen molar-refractivity contribution in [3.05, 3.63) is 54.5 Å². The summed E-state index contributed by atoms with van der Waals surface area (Å²) >= 11 is 0. The van der Waals surface area contributed by atoms with Crippen LogP contribution in [0, 0.1) is 6.92 Å². The van der Waals surface area contributed by atoms with Crippen LogP contribution in [0.25, 0.3) is 32.9 Å². The molecule has 2 aromatic heterocycles. The molecule has 1 saturated heterocycles. The number of hydrogen-bond acceptors (Lipinski definition) is 3. The van der Waals surface area contributed by atoms with Gasteiger partial charge in [-0.1, -0.05) is 12.1 Å². The van der Waals surface area contributed by atoms with E-state index < -0.39 is 0 Å². The Labute approximate surface area is 146 Å². The molecule has 0 atom stereocenters. The summed E-state index contributed by atoms with van der Waals surface area (Å²) in [5.41, 5.74) is 4.61. The summed E-state index contributed by atoms with van der Waals surface area (Å²) in [6, 6.07) is 15.2. The highest BCUT2D eigenvalue weighted by Crippen LogP contribution is 2.31. The Balaban J connectivity index is 1.65. The van der Waals surface area contributed by atoms with E-state index in [2.05, 4.69) is 52.3 Å². The highest BCUT2D eigenvalue weighted by Gasteiger charge is 2.17. The molecule has 0 amide bonds. The van der Waals surface area contributed by atoms with Crippen LogP contribution >= 0.6 is 0 Å². The van der Waals surface area contributed by atoms with Crippen molar-refractivity contribution in [2.45, 2.75) is 19.8 Å². The average molecular weight is 328 g/mol. The summed E-state index contributed by atoms with van der Waals surface area (Å²) in [6.07, 6.45) is 4.48. The van der Waals surface area contributed by atoms with E-state index in [0.717, 1.165) is 35.6 Å². The summed E-state index contributed by atoms with van der Waals surface area (Å²) in [7, 11) is 0. The number of nitrogens with zero attached hydrogens (tertiary/aromatic N) is 3. The zero-order valence-corrected chi connectivity index (χ0v) is 14.3. The minimum Gasteiger partial charge on any atom is -0.361 e. The van der Waals surface area contributed by atoms with Crippen molar-refractivity contribution in [3.63, 3.8) is 0 Å². The average Bonchev–Trinajstić information content (AvgIpc) is 3.31. The Morgan fingerprint density at radius 3 is 2.60 bits per heavy atom. The zero-order valence-electron chi connectivity index (χ0n) is 14.3. The van der Waals surface area contributed by atoms with Gasteiger partial charge in [0.25, 0.3) is 0 Å². The van der Waals surface area contributed by atoms with Crippen molar-refractivity contribution in [2.75, 3.05) is 18.0 Å². The molecular formula is C21H20N4.